The zero-order valence-electron chi connectivity index (χ0n) is 16.0. The van der Waals surface area contributed by atoms with Crippen LogP contribution in [0, 0.1) is 0 Å². The lowest BCUT2D eigenvalue weighted by Crippen LogP contribution is -2.49. The molecule has 0 saturated heterocycles. The van der Waals surface area contributed by atoms with Gasteiger partial charge in [-0.1, -0.05) is 41.9 Å². The average molecular weight is 408 g/mol. The van der Waals surface area contributed by atoms with Gasteiger partial charge in [-0.15, -0.1) is 10.2 Å². The monoisotopic (exact) mass is 407 g/mol. The maximum absolute atomic E-state index is 13.0. The molecule has 1 heterocycles. The van der Waals surface area contributed by atoms with Gasteiger partial charge in [-0.2, -0.15) is 0 Å². The van der Waals surface area contributed by atoms with Crippen LogP contribution in [-0.2, 0) is 23.8 Å². The molecular formula is C19H26ClN5OS. The van der Waals surface area contributed by atoms with Crippen LogP contribution >= 0.6 is 23.4 Å². The smallest absolute Gasteiger partial charge is 0.231 e. The molecule has 0 spiro atoms. The van der Waals surface area contributed by atoms with Crippen molar-refractivity contribution in [2.75, 3.05) is 26.4 Å². The number of amides is 1. The van der Waals surface area contributed by atoms with Gasteiger partial charge in [0.2, 0.25) is 5.91 Å². The molecule has 2 aromatic rings. The van der Waals surface area contributed by atoms with Crippen molar-refractivity contribution < 1.29 is 4.79 Å². The zero-order valence-corrected chi connectivity index (χ0v) is 17.6. The second kappa shape index (κ2) is 8.63. The summed E-state index contributed by atoms with van der Waals surface area (Å²) in [4.78, 5) is 15.1. The van der Waals surface area contributed by atoms with E-state index in [1.54, 1.807) is 11.8 Å². The first kappa shape index (κ1) is 20.2. The molecule has 6 nitrogen and oxygen atoms in total. The Kier molecular flexibility index (Phi) is 6.44. The minimum atomic E-state index is -0.438. The lowest BCUT2D eigenvalue weighted by atomic mass is 9.64. The summed E-state index contributed by atoms with van der Waals surface area (Å²) < 4.78 is 1.95. The number of hydrogen-bond donors (Lipinski definition) is 1. The highest BCUT2D eigenvalue weighted by atomic mass is 35.5. The molecule has 0 atom stereocenters. The van der Waals surface area contributed by atoms with Crippen LogP contribution in [0.4, 0.5) is 0 Å². The van der Waals surface area contributed by atoms with E-state index in [0.29, 0.717) is 11.6 Å². The van der Waals surface area contributed by atoms with Crippen molar-refractivity contribution in [1.29, 1.82) is 0 Å². The second-order valence-corrected chi connectivity index (χ2v) is 8.73. The van der Waals surface area contributed by atoms with E-state index in [2.05, 4.69) is 34.5 Å². The van der Waals surface area contributed by atoms with Crippen LogP contribution in [-0.4, -0.2) is 52.0 Å². The summed E-state index contributed by atoms with van der Waals surface area (Å²) in [6.45, 7) is 1.36. The summed E-state index contributed by atoms with van der Waals surface area (Å²) in [6.07, 6.45) is 2.79. The molecule has 27 heavy (non-hydrogen) atoms. The maximum Gasteiger partial charge on any atom is 0.231 e. The van der Waals surface area contributed by atoms with Crippen molar-refractivity contribution in [2.45, 2.75) is 36.4 Å². The molecule has 1 N–H and O–H groups in total. The number of carbonyl (C=O) groups excluding carboxylic acids is 1. The van der Waals surface area contributed by atoms with E-state index in [1.807, 2.05) is 35.9 Å². The standard InChI is InChI=1S/C19H26ClN5OS/c1-24(2)11-12-27-18-23-22-16(25(18)3)13-21-17(26)19(9-4-10-19)14-5-7-15(20)8-6-14/h5-8H,4,9-13H2,1-3H3,(H,21,26). The number of aromatic nitrogens is 3. The number of hydrogen-bond acceptors (Lipinski definition) is 5. The quantitative estimate of drug-likeness (QED) is 0.682. The Labute approximate surface area is 169 Å². The van der Waals surface area contributed by atoms with Gasteiger partial charge in [0.15, 0.2) is 11.0 Å². The van der Waals surface area contributed by atoms with Crippen LogP contribution in [0.1, 0.15) is 30.7 Å². The van der Waals surface area contributed by atoms with Crippen molar-refractivity contribution in [2.24, 2.45) is 7.05 Å². The molecule has 3 rings (SSSR count). The molecule has 1 saturated carbocycles. The molecule has 0 radical (unpaired) electrons. The van der Waals surface area contributed by atoms with Crippen LogP contribution in [0.2, 0.25) is 5.02 Å². The highest BCUT2D eigenvalue weighted by Crippen LogP contribution is 2.44. The summed E-state index contributed by atoms with van der Waals surface area (Å²) in [6, 6.07) is 7.63. The van der Waals surface area contributed by atoms with E-state index >= 15 is 0 Å². The topological polar surface area (TPSA) is 63.1 Å². The van der Waals surface area contributed by atoms with Crippen LogP contribution in [0.3, 0.4) is 0 Å². The number of halogens is 1. The fourth-order valence-corrected chi connectivity index (χ4v) is 4.38. The van der Waals surface area contributed by atoms with E-state index in [4.69, 9.17) is 11.6 Å². The first-order valence-electron chi connectivity index (χ1n) is 9.12. The van der Waals surface area contributed by atoms with Crippen molar-refractivity contribution in [3.8, 4) is 0 Å². The van der Waals surface area contributed by atoms with Gasteiger partial charge in [0.25, 0.3) is 0 Å². The molecule has 1 aliphatic rings. The summed E-state index contributed by atoms with van der Waals surface area (Å²) in [7, 11) is 6.04. The van der Waals surface area contributed by atoms with Gasteiger partial charge in [0, 0.05) is 24.4 Å². The Morgan fingerprint density at radius 1 is 1.30 bits per heavy atom. The lowest BCUT2D eigenvalue weighted by molar-refractivity contribution is -0.130. The Morgan fingerprint density at radius 3 is 2.59 bits per heavy atom. The Morgan fingerprint density at radius 2 is 2.00 bits per heavy atom. The molecule has 8 heteroatoms. The van der Waals surface area contributed by atoms with Crippen LogP contribution in [0.5, 0.6) is 0 Å². The van der Waals surface area contributed by atoms with Gasteiger partial charge in [0.05, 0.1) is 12.0 Å². The first-order chi connectivity index (χ1) is 12.9. The van der Waals surface area contributed by atoms with Crippen molar-refractivity contribution >= 4 is 29.3 Å². The summed E-state index contributed by atoms with van der Waals surface area (Å²) in [5.41, 5.74) is 0.598. The van der Waals surface area contributed by atoms with Gasteiger partial charge in [-0.25, -0.2) is 0 Å². The predicted octanol–water partition coefficient (Wildman–Crippen LogP) is 2.86. The molecule has 146 valence electrons. The van der Waals surface area contributed by atoms with Crippen molar-refractivity contribution in [3.05, 3.63) is 40.7 Å². The molecule has 1 aromatic heterocycles. The van der Waals surface area contributed by atoms with Gasteiger partial charge in [-0.05, 0) is 44.6 Å². The molecular weight excluding hydrogens is 382 g/mol. The number of thioether (sulfide) groups is 1. The van der Waals surface area contributed by atoms with E-state index in [9.17, 15) is 4.79 Å². The Bertz CT molecular complexity index is 786. The fraction of sp³-hybridized carbons (Fsp3) is 0.526. The minimum Gasteiger partial charge on any atom is -0.348 e. The predicted molar refractivity (Wildman–Crippen MR) is 109 cm³/mol. The molecule has 1 aliphatic carbocycles. The number of nitrogens with one attached hydrogen (secondary N) is 1. The van der Waals surface area contributed by atoms with Crippen molar-refractivity contribution in [3.63, 3.8) is 0 Å². The van der Waals surface area contributed by atoms with Crippen LogP contribution < -0.4 is 5.32 Å². The SMILES string of the molecule is CN(C)CCSc1nnc(CNC(=O)C2(c3ccc(Cl)cc3)CCC2)n1C. The fourth-order valence-electron chi connectivity index (χ4n) is 3.22. The van der Waals surface area contributed by atoms with Crippen LogP contribution in [0.25, 0.3) is 0 Å². The van der Waals surface area contributed by atoms with Crippen molar-refractivity contribution in [1.82, 2.24) is 25.0 Å². The van der Waals surface area contributed by atoms with E-state index in [0.717, 1.165) is 48.1 Å². The van der Waals surface area contributed by atoms with Gasteiger partial charge in [0.1, 0.15) is 0 Å². The number of nitrogens with zero attached hydrogens (tertiary/aromatic N) is 4. The minimum absolute atomic E-state index is 0.0564. The maximum atomic E-state index is 13.0. The number of benzene rings is 1. The molecule has 1 fully saturated rings. The average Bonchev–Trinajstić information content (AvgIpc) is 2.94. The second-order valence-electron chi connectivity index (χ2n) is 7.23. The highest BCUT2D eigenvalue weighted by molar-refractivity contribution is 7.99. The van der Waals surface area contributed by atoms with E-state index < -0.39 is 5.41 Å². The third-order valence-corrected chi connectivity index (χ3v) is 6.39. The molecule has 1 aromatic carbocycles. The summed E-state index contributed by atoms with van der Waals surface area (Å²) in [5.74, 6) is 1.77. The zero-order chi connectivity index (χ0) is 19.4. The summed E-state index contributed by atoms with van der Waals surface area (Å²) >= 11 is 7.67. The molecule has 0 aliphatic heterocycles. The largest absolute Gasteiger partial charge is 0.348 e. The number of carbonyl (C=O) groups is 1. The number of rotatable bonds is 8. The van der Waals surface area contributed by atoms with E-state index in [-0.39, 0.29) is 5.91 Å². The summed E-state index contributed by atoms with van der Waals surface area (Å²) in [5, 5.41) is 13.1. The van der Waals surface area contributed by atoms with Gasteiger partial charge < -0.3 is 14.8 Å². The van der Waals surface area contributed by atoms with Gasteiger partial charge in [-0.3, -0.25) is 4.79 Å². The van der Waals surface area contributed by atoms with Gasteiger partial charge >= 0.3 is 0 Å². The molecule has 0 unspecified atom stereocenters. The molecule has 1 amide bonds. The van der Waals surface area contributed by atoms with Crippen LogP contribution in [0.15, 0.2) is 29.4 Å². The third kappa shape index (κ3) is 4.47. The third-order valence-electron chi connectivity index (χ3n) is 5.14. The Hall–Kier alpha value is -1.57. The lowest BCUT2D eigenvalue weighted by Gasteiger charge is -2.40. The first-order valence-corrected chi connectivity index (χ1v) is 10.5. The molecule has 0 bridgehead atoms. The Balaban J connectivity index is 1.62. The highest BCUT2D eigenvalue weighted by Gasteiger charge is 2.45. The van der Waals surface area contributed by atoms with E-state index in [1.165, 1.54) is 0 Å². The normalized spacial score (nSPS) is 15.6.